The molecule has 1 heterocycles. The Hall–Kier alpha value is -1.78. The van der Waals surface area contributed by atoms with Crippen molar-refractivity contribution in [1.82, 2.24) is 10.3 Å². The van der Waals surface area contributed by atoms with Crippen molar-refractivity contribution >= 4 is 33.8 Å². The Morgan fingerprint density at radius 1 is 1.32 bits per heavy atom. The van der Waals surface area contributed by atoms with Crippen molar-refractivity contribution < 1.29 is 28.2 Å². The molecule has 0 aliphatic heterocycles. The molecular formula is C15H12BrF3N2O3S. The molecule has 25 heavy (non-hydrogen) atoms. The van der Waals surface area contributed by atoms with E-state index in [1.165, 1.54) is 12.3 Å². The maximum absolute atomic E-state index is 13.5. The molecule has 2 rings (SSSR count). The zero-order valence-electron chi connectivity index (χ0n) is 12.5. The van der Waals surface area contributed by atoms with Crippen LogP contribution in [-0.4, -0.2) is 21.3 Å². The summed E-state index contributed by atoms with van der Waals surface area (Å²) >= 11 is 3.75. The zero-order valence-corrected chi connectivity index (χ0v) is 14.9. The first-order valence-electron chi connectivity index (χ1n) is 6.81. The van der Waals surface area contributed by atoms with Crippen molar-refractivity contribution in [3.63, 3.8) is 0 Å². The molecule has 0 radical (unpaired) electrons. The molecule has 0 aliphatic carbocycles. The number of aliphatic hydroxyl groups is 1. The number of halogens is 4. The summed E-state index contributed by atoms with van der Waals surface area (Å²) in [6.45, 7) is -0.682. The van der Waals surface area contributed by atoms with E-state index in [4.69, 9.17) is 5.11 Å². The monoisotopic (exact) mass is 436 g/mol. The molecule has 0 saturated carbocycles. The first kappa shape index (κ1) is 19.5. The lowest BCUT2D eigenvalue weighted by atomic mass is 10.1. The first-order chi connectivity index (χ1) is 11.7. The topological polar surface area (TPSA) is 82.5 Å². The van der Waals surface area contributed by atoms with Crippen molar-refractivity contribution in [3.05, 3.63) is 51.6 Å². The Balaban J connectivity index is 2.56. The van der Waals surface area contributed by atoms with Crippen LogP contribution in [0.1, 0.15) is 16.7 Å². The number of aromatic nitrogens is 1. The summed E-state index contributed by atoms with van der Waals surface area (Å²) in [5.74, 6) is 0. The zero-order chi connectivity index (χ0) is 18.6. The van der Waals surface area contributed by atoms with Gasteiger partial charge in [-0.1, -0.05) is 33.8 Å². The minimum Gasteiger partial charge on any atom is -0.465 e. The van der Waals surface area contributed by atoms with E-state index in [2.05, 4.69) is 26.2 Å². The number of amides is 1. The number of rotatable bonds is 5. The van der Waals surface area contributed by atoms with Gasteiger partial charge in [0.05, 0.1) is 12.2 Å². The second-order valence-electron chi connectivity index (χ2n) is 4.83. The third-order valence-corrected chi connectivity index (χ3v) is 4.79. The van der Waals surface area contributed by atoms with Crippen molar-refractivity contribution in [2.75, 3.05) is 0 Å². The van der Waals surface area contributed by atoms with E-state index in [0.717, 1.165) is 17.8 Å². The Morgan fingerprint density at radius 3 is 2.64 bits per heavy atom. The molecule has 134 valence electrons. The van der Waals surface area contributed by atoms with E-state index in [-0.39, 0.29) is 33.1 Å². The summed E-state index contributed by atoms with van der Waals surface area (Å²) in [5.41, 5.74) is -0.395. The van der Waals surface area contributed by atoms with Crippen LogP contribution in [0.4, 0.5) is 18.0 Å². The number of alkyl halides is 3. The number of hydrogen-bond donors (Lipinski definition) is 3. The fourth-order valence-corrected chi connectivity index (χ4v) is 3.64. The molecule has 0 bridgehead atoms. The summed E-state index contributed by atoms with van der Waals surface area (Å²) in [4.78, 5) is 14.6. The van der Waals surface area contributed by atoms with Gasteiger partial charge >= 0.3 is 12.3 Å². The lowest BCUT2D eigenvalue weighted by Gasteiger charge is -2.18. The smallest absolute Gasteiger partial charge is 0.417 e. The van der Waals surface area contributed by atoms with Gasteiger partial charge in [0, 0.05) is 27.7 Å². The van der Waals surface area contributed by atoms with Crippen LogP contribution in [0.15, 0.2) is 44.9 Å². The molecule has 0 atom stereocenters. The molecule has 1 amide bonds. The molecule has 0 aliphatic rings. The first-order valence-corrected chi connectivity index (χ1v) is 8.42. The van der Waals surface area contributed by atoms with Crippen molar-refractivity contribution in [3.8, 4) is 0 Å². The third-order valence-electron chi connectivity index (χ3n) is 3.09. The van der Waals surface area contributed by atoms with Crippen LogP contribution < -0.4 is 5.32 Å². The highest BCUT2D eigenvalue weighted by molar-refractivity contribution is 9.10. The SMILES string of the molecule is O=C(O)NCc1cc(Br)cc(C(F)(F)F)c1Sc1ncccc1CO. The summed E-state index contributed by atoms with van der Waals surface area (Å²) in [5, 5.41) is 20.4. The van der Waals surface area contributed by atoms with Gasteiger partial charge in [0.15, 0.2) is 0 Å². The standard InChI is InChI=1S/C15H12BrF3N2O3S/c16-10-4-9(6-21-14(23)24)12(11(5-10)15(17,18)19)25-13-8(7-22)2-1-3-20-13/h1-5,21-22H,6-7H2,(H,23,24). The van der Waals surface area contributed by atoms with Gasteiger partial charge in [0.2, 0.25) is 0 Å². The summed E-state index contributed by atoms with van der Waals surface area (Å²) in [6, 6.07) is 5.45. The average molecular weight is 437 g/mol. The fourth-order valence-electron chi connectivity index (χ4n) is 2.02. The highest BCUT2D eigenvalue weighted by Crippen LogP contribution is 2.43. The third kappa shape index (κ3) is 5.10. The number of pyridine rings is 1. The Morgan fingerprint density at radius 2 is 2.04 bits per heavy atom. The lowest BCUT2D eigenvalue weighted by molar-refractivity contribution is -0.139. The van der Waals surface area contributed by atoms with Crippen LogP contribution in [0.25, 0.3) is 0 Å². The quantitative estimate of drug-likeness (QED) is 0.651. The number of aliphatic hydroxyl groups excluding tert-OH is 1. The number of nitrogens with one attached hydrogen (secondary N) is 1. The molecule has 5 nitrogen and oxygen atoms in total. The largest absolute Gasteiger partial charge is 0.465 e. The van der Waals surface area contributed by atoms with Gasteiger partial charge in [-0.25, -0.2) is 9.78 Å². The van der Waals surface area contributed by atoms with Gasteiger partial charge in [0.1, 0.15) is 5.03 Å². The van der Waals surface area contributed by atoms with Crippen LogP contribution in [-0.2, 0) is 19.3 Å². The van der Waals surface area contributed by atoms with E-state index in [1.54, 1.807) is 12.1 Å². The molecule has 0 spiro atoms. The van der Waals surface area contributed by atoms with E-state index in [9.17, 15) is 23.1 Å². The van der Waals surface area contributed by atoms with Crippen LogP contribution in [0, 0.1) is 0 Å². The number of benzene rings is 1. The second-order valence-corrected chi connectivity index (χ2v) is 6.74. The van der Waals surface area contributed by atoms with E-state index < -0.39 is 17.8 Å². The van der Waals surface area contributed by atoms with Gasteiger partial charge < -0.3 is 15.5 Å². The highest BCUT2D eigenvalue weighted by atomic mass is 79.9. The number of carbonyl (C=O) groups is 1. The number of carboxylic acid groups (broad SMARTS) is 1. The van der Waals surface area contributed by atoms with Crippen molar-refractivity contribution in [1.29, 1.82) is 0 Å². The van der Waals surface area contributed by atoms with E-state index >= 15 is 0 Å². The Labute approximate surface area is 153 Å². The van der Waals surface area contributed by atoms with Crippen molar-refractivity contribution in [2.45, 2.75) is 29.2 Å². The number of nitrogens with zero attached hydrogens (tertiary/aromatic N) is 1. The molecule has 10 heteroatoms. The summed E-state index contributed by atoms with van der Waals surface area (Å²) in [7, 11) is 0. The van der Waals surface area contributed by atoms with Gasteiger partial charge in [-0.2, -0.15) is 13.2 Å². The van der Waals surface area contributed by atoms with Crippen molar-refractivity contribution in [2.24, 2.45) is 0 Å². The van der Waals surface area contributed by atoms with Gasteiger partial charge in [-0.3, -0.25) is 0 Å². The number of hydrogen-bond acceptors (Lipinski definition) is 4. The predicted octanol–water partition coefficient (Wildman–Crippen LogP) is 4.27. The molecule has 1 aromatic heterocycles. The molecule has 1 aromatic carbocycles. The van der Waals surface area contributed by atoms with Gasteiger partial charge in [0.25, 0.3) is 0 Å². The Kier molecular flexibility index (Phi) is 6.31. The normalized spacial score (nSPS) is 11.4. The van der Waals surface area contributed by atoms with E-state index in [1.807, 2.05) is 0 Å². The molecule has 0 saturated heterocycles. The summed E-state index contributed by atoms with van der Waals surface area (Å²) in [6.07, 6.45) is -4.58. The maximum Gasteiger partial charge on any atom is 0.417 e. The second kappa shape index (κ2) is 8.07. The van der Waals surface area contributed by atoms with Crippen LogP contribution >= 0.6 is 27.7 Å². The summed E-state index contributed by atoms with van der Waals surface area (Å²) < 4.78 is 40.5. The fraction of sp³-hybridized carbons (Fsp3) is 0.200. The van der Waals surface area contributed by atoms with Crippen LogP contribution in [0.2, 0.25) is 0 Å². The predicted molar refractivity (Wildman–Crippen MR) is 88.3 cm³/mol. The maximum atomic E-state index is 13.5. The molecule has 0 fully saturated rings. The Bertz CT molecular complexity index is 787. The van der Waals surface area contributed by atoms with E-state index in [0.29, 0.717) is 5.56 Å². The molecule has 2 aromatic rings. The van der Waals surface area contributed by atoms with Gasteiger partial charge in [-0.15, -0.1) is 0 Å². The van der Waals surface area contributed by atoms with Gasteiger partial charge in [-0.05, 0) is 23.8 Å². The minimum absolute atomic E-state index is 0.142. The average Bonchev–Trinajstić information content (AvgIpc) is 2.54. The highest BCUT2D eigenvalue weighted by Gasteiger charge is 2.35. The lowest BCUT2D eigenvalue weighted by Crippen LogP contribution is -2.21. The van der Waals surface area contributed by atoms with Crippen LogP contribution in [0.3, 0.4) is 0 Å². The molecular weight excluding hydrogens is 425 g/mol. The minimum atomic E-state index is -4.64. The molecule has 0 unspecified atom stereocenters. The van der Waals surface area contributed by atoms with Crippen LogP contribution in [0.5, 0.6) is 0 Å². The molecule has 3 N–H and O–H groups in total.